The maximum absolute atomic E-state index is 13.0. The summed E-state index contributed by atoms with van der Waals surface area (Å²) >= 11 is 0. The number of likely N-dealkylation sites (tertiary alicyclic amines) is 1. The number of aromatic nitrogens is 1. The fourth-order valence-electron chi connectivity index (χ4n) is 2.08. The Labute approximate surface area is 115 Å². The molecule has 1 aromatic heterocycles. The molecule has 2 heterocycles. The van der Waals surface area contributed by atoms with Crippen molar-refractivity contribution >= 4 is 17.7 Å². The van der Waals surface area contributed by atoms with E-state index in [0.29, 0.717) is 0 Å². The van der Waals surface area contributed by atoms with Crippen molar-refractivity contribution in [3.63, 3.8) is 0 Å². The number of hydrogen-bond acceptors (Lipinski definition) is 4. The van der Waals surface area contributed by atoms with Gasteiger partial charge in [0.05, 0.1) is 18.2 Å². The highest BCUT2D eigenvalue weighted by Gasteiger charge is 2.40. The molecule has 1 aliphatic rings. The number of hydrogen-bond donors (Lipinski definition) is 1. The van der Waals surface area contributed by atoms with Gasteiger partial charge < -0.3 is 5.32 Å². The second-order valence-corrected chi connectivity index (χ2v) is 4.82. The second kappa shape index (κ2) is 5.36. The molecule has 0 radical (unpaired) electrons. The highest BCUT2D eigenvalue weighted by molar-refractivity contribution is 6.08. The van der Waals surface area contributed by atoms with Crippen molar-refractivity contribution in [3.05, 3.63) is 29.8 Å². The Kier molecular flexibility index (Phi) is 3.78. The lowest BCUT2D eigenvalue weighted by atomic mass is 10.2. The van der Waals surface area contributed by atoms with Gasteiger partial charge in [0.15, 0.2) is 0 Å². The lowest BCUT2D eigenvalue weighted by Gasteiger charge is -2.19. The molecule has 1 aliphatic heterocycles. The Morgan fingerprint density at radius 3 is 2.70 bits per heavy atom. The van der Waals surface area contributed by atoms with Gasteiger partial charge in [-0.1, -0.05) is 0 Å². The first-order valence-corrected chi connectivity index (χ1v) is 6.17. The van der Waals surface area contributed by atoms with Crippen LogP contribution in [-0.4, -0.2) is 39.7 Å². The summed E-state index contributed by atoms with van der Waals surface area (Å²) in [5.41, 5.74) is 0.00764. The minimum Gasteiger partial charge on any atom is -0.340 e. The Morgan fingerprint density at radius 2 is 2.15 bits per heavy atom. The highest BCUT2D eigenvalue weighted by Crippen LogP contribution is 2.16. The van der Waals surface area contributed by atoms with Crippen molar-refractivity contribution in [2.45, 2.75) is 32.4 Å². The zero-order valence-electron chi connectivity index (χ0n) is 11.1. The van der Waals surface area contributed by atoms with Crippen LogP contribution in [0.4, 0.5) is 4.39 Å². The standard InChI is InChI=1S/C13H14FN3O3/c1-7(2)17-11(18)4-10(13(17)20)16-12(19)8-3-9(14)6-15-5-8/h3,5-7,10H,4H2,1-2H3,(H,16,19). The number of nitrogens with one attached hydrogen (secondary N) is 1. The van der Waals surface area contributed by atoms with E-state index in [1.165, 1.54) is 6.20 Å². The minimum atomic E-state index is -0.902. The van der Waals surface area contributed by atoms with Crippen molar-refractivity contribution in [3.8, 4) is 0 Å². The van der Waals surface area contributed by atoms with Gasteiger partial charge in [-0.15, -0.1) is 0 Å². The zero-order chi connectivity index (χ0) is 14.9. The van der Waals surface area contributed by atoms with Gasteiger partial charge in [0.25, 0.3) is 11.8 Å². The van der Waals surface area contributed by atoms with Crippen LogP contribution in [0.1, 0.15) is 30.6 Å². The van der Waals surface area contributed by atoms with E-state index in [4.69, 9.17) is 0 Å². The first kappa shape index (κ1) is 14.1. The number of rotatable bonds is 3. The van der Waals surface area contributed by atoms with Gasteiger partial charge in [-0.25, -0.2) is 4.39 Å². The monoisotopic (exact) mass is 279 g/mol. The van der Waals surface area contributed by atoms with Crippen LogP contribution in [0.3, 0.4) is 0 Å². The van der Waals surface area contributed by atoms with Crippen LogP contribution in [0.2, 0.25) is 0 Å². The molecule has 0 spiro atoms. The van der Waals surface area contributed by atoms with E-state index in [-0.39, 0.29) is 23.9 Å². The van der Waals surface area contributed by atoms with Crippen LogP contribution in [0.25, 0.3) is 0 Å². The van der Waals surface area contributed by atoms with Crippen LogP contribution < -0.4 is 5.32 Å². The quantitative estimate of drug-likeness (QED) is 0.816. The molecule has 0 aromatic carbocycles. The Morgan fingerprint density at radius 1 is 1.45 bits per heavy atom. The molecule has 1 N–H and O–H groups in total. The van der Waals surface area contributed by atoms with E-state index in [1.54, 1.807) is 13.8 Å². The molecule has 1 fully saturated rings. The summed E-state index contributed by atoms with van der Waals surface area (Å²) in [5.74, 6) is -2.04. The van der Waals surface area contributed by atoms with E-state index in [9.17, 15) is 18.8 Å². The molecular weight excluding hydrogens is 265 g/mol. The average molecular weight is 279 g/mol. The second-order valence-electron chi connectivity index (χ2n) is 4.82. The van der Waals surface area contributed by atoms with Crippen molar-refractivity contribution in [2.75, 3.05) is 0 Å². The summed E-state index contributed by atoms with van der Waals surface area (Å²) in [7, 11) is 0. The van der Waals surface area contributed by atoms with Crippen LogP contribution in [0.15, 0.2) is 18.5 Å². The first-order chi connectivity index (χ1) is 9.40. The molecule has 1 atom stereocenters. The van der Waals surface area contributed by atoms with Gasteiger partial charge in [0.2, 0.25) is 5.91 Å². The van der Waals surface area contributed by atoms with E-state index >= 15 is 0 Å². The summed E-state index contributed by atoms with van der Waals surface area (Å²) in [4.78, 5) is 40.2. The molecule has 7 heteroatoms. The number of halogens is 1. The maximum atomic E-state index is 13.0. The SMILES string of the molecule is CC(C)N1C(=O)CC(NC(=O)c2cncc(F)c2)C1=O. The molecule has 1 aromatic rings. The molecule has 20 heavy (non-hydrogen) atoms. The lowest BCUT2D eigenvalue weighted by Crippen LogP contribution is -2.43. The van der Waals surface area contributed by atoms with Gasteiger partial charge in [0, 0.05) is 12.2 Å². The van der Waals surface area contributed by atoms with E-state index in [2.05, 4.69) is 10.3 Å². The predicted octanol–water partition coefficient (Wildman–Crippen LogP) is 0.486. The molecule has 2 rings (SSSR count). The molecule has 0 aliphatic carbocycles. The molecule has 106 valence electrons. The molecule has 0 saturated carbocycles. The van der Waals surface area contributed by atoms with E-state index in [1.807, 2.05) is 0 Å². The minimum absolute atomic E-state index is 0.00764. The van der Waals surface area contributed by atoms with Crippen molar-refractivity contribution in [1.82, 2.24) is 15.2 Å². The number of pyridine rings is 1. The molecule has 1 unspecified atom stereocenters. The highest BCUT2D eigenvalue weighted by atomic mass is 19.1. The fourth-order valence-corrected chi connectivity index (χ4v) is 2.08. The van der Waals surface area contributed by atoms with Gasteiger partial charge in [-0.05, 0) is 19.9 Å². The van der Waals surface area contributed by atoms with Crippen LogP contribution in [-0.2, 0) is 9.59 Å². The number of imide groups is 1. The summed E-state index contributed by atoms with van der Waals surface area (Å²) in [5, 5.41) is 2.43. The number of amides is 3. The van der Waals surface area contributed by atoms with Crippen molar-refractivity contribution in [1.29, 1.82) is 0 Å². The summed E-state index contributed by atoms with van der Waals surface area (Å²) < 4.78 is 13.0. The fraction of sp³-hybridized carbons (Fsp3) is 0.385. The third kappa shape index (κ3) is 2.66. The number of carbonyl (C=O) groups excluding carboxylic acids is 3. The Bertz CT molecular complexity index is 574. The van der Waals surface area contributed by atoms with Crippen LogP contribution in [0.5, 0.6) is 0 Å². The smallest absolute Gasteiger partial charge is 0.253 e. The lowest BCUT2D eigenvalue weighted by molar-refractivity contribution is -0.140. The topological polar surface area (TPSA) is 79.4 Å². The summed E-state index contributed by atoms with van der Waals surface area (Å²) in [6.07, 6.45) is 2.09. The van der Waals surface area contributed by atoms with Crippen molar-refractivity contribution in [2.24, 2.45) is 0 Å². The molecule has 0 bridgehead atoms. The third-order valence-corrected chi connectivity index (χ3v) is 2.97. The molecule has 1 saturated heterocycles. The molecule has 3 amide bonds. The van der Waals surface area contributed by atoms with Gasteiger partial charge in [0.1, 0.15) is 11.9 Å². The van der Waals surface area contributed by atoms with Gasteiger partial charge >= 0.3 is 0 Å². The Balaban J connectivity index is 2.10. The van der Waals surface area contributed by atoms with Crippen molar-refractivity contribution < 1.29 is 18.8 Å². The predicted molar refractivity (Wildman–Crippen MR) is 67.1 cm³/mol. The van der Waals surface area contributed by atoms with Crippen LogP contribution >= 0.6 is 0 Å². The molecular formula is C13H14FN3O3. The molecule has 6 nitrogen and oxygen atoms in total. The number of carbonyl (C=O) groups is 3. The average Bonchev–Trinajstić information content (AvgIpc) is 2.64. The first-order valence-electron chi connectivity index (χ1n) is 6.17. The van der Waals surface area contributed by atoms with Crippen LogP contribution in [0, 0.1) is 5.82 Å². The van der Waals surface area contributed by atoms with Gasteiger partial charge in [-0.2, -0.15) is 0 Å². The normalized spacial score (nSPS) is 18.8. The maximum Gasteiger partial charge on any atom is 0.253 e. The summed E-state index contributed by atoms with van der Waals surface area (Å²) in [6.45, 7) is 3.44. The van der Waals surface area contributed by atoms with E-state index in [0.717, 1.165) is 17.2 Å². The van der Waals surface area contributed by atoms with E-state index < -0.39 is 23.7 Å². The summed E-state index contributed by atoms with van der Waals surface area (Å²) in [6, 6.07) is -0.141. The zero-order valence-corrected chi connectivity index (χ0v) is 11.1. The largest absolute Gasteiger partial charge is 0.340 e. The number of nitrogens with zero attached hydrogens (tertiary/aromatic N) is 2. The third-order valence-electron chi connectivity index (χ3n) is 2.97. The Hall–Kier alpha value is -2.31. The van der Waals surface area contributed by atoms with Gasteiger partial charge in [-0.3, -0.25) is 24.3 Å².